The van der Waals surface area contributed by atoms with Gasteiger partial charge >= 0.3 is 6.03 Å². The van der Waals surface area contributed by atoms with Gasteiger partial charge in [-0.15, -0.1) is 0 Å². The summed E-state index contributed by atoms with van der Waals surface area (Å²) in [6.07, 6.45) is 2.92. The van der Waals surface area contributed by atoms with E-state index in [-0.39, 0.29) is 12.1 Å². The van der Waals surface area contributed by atoms with Gasteiger partial charge in [0.2, 0.25) is 0 Å². The van der Waals surface area contributed by atoms with E-state index in [0.29, 0.717) is 6.61 Å². The summed E-state index contributed by atoms with van der Waals surface area (Å²) in [4.78, 5) is 14.7. The molecule has 1 aromatic carbocycles. The van der Waals surface area contributed by atoms with Crippen LogP contribution in [0.3, 0.4) is 0 Å². The fraction of sp³-hybridized carbons (Fsp3) is 0.474. The summed E-state index contributed by atoms with van der Waals surface area (Å²) >= 11 is 0. The van der Waals surface area contributed by atoms with Gasteiger partial charge in [0, 0.05) is 29.6 Å². The van der Waals surface area contributed by atoms with Crippen molar-refractivity contribution >= 4 is 11.7 Å². The highest BCUT2D eigenvalue weighted by Crippen LogP contribution is 2.35. The molecule has 0 radical (unpaired) electrons. The second-order valence-electron chi connectivity index (χ2n) is 6.51. The number of hydrogen-bond acceptors (Lipinski definition) is 3. The van der Waals surface area contributed by atoms with Gasteiger partial charge < -0.3 is 15.0 Å². The molecular weight excluding hydrogens is 316 g/mol. The lowest BCUT2D eigenvalue weighted by molar-refractivity contribution is 0.207. The van der Waals surface area contributed by atoms with Gasteiger partial charge in [-0.25, -0.2) is 4.79 Å². The van der Waals surface area contributed by atoms with Crippen LogP contribution in [0.4, 0.5) is 10.5 Å². The number of rotatable bonds is 5. The molecule has 6 heteroatoms. The minimum atomic E-state index is -0.0739. The van der Waals surface area contributed by atoms with E-state index < -0.39 is 0 Å². The molecule has 1 aliphatic rings. The number of aromatic nitrogens is 2. The maximum absolute atomic E-state index is 12.8. The third-order valence-electron chi connectivity index (χ3n) is 4.59. The Bertz CT molecular complexity index is 721. The predicted octanol–water partition coefficient (Wildman–Crippen LogP) is 4.18. The fourth-order valence-electron chi connectivity index (χ4n) is 3.44. The lowest BCUT2D eigenvalue weighted by Crippen LogP contribution is -2.34. The van der Waals surface area contributed by atoms with Crippen LogP contribution < -0.4 is 10.1 Å². The van der Waals surface area contributed by atoms with Crippen LogP contribution in [0.5, 0.6) is 5.75 Å². The lowest BCUT2D eigenvalue weighted by atomic mass is 10.0. The van der Waals surface area contributed by atoms with Gasteiger partial charge in [0.25, 0.3) is 0 Å². The molecule has 0 spiro atoms. The summed E-state index contributed by atoms with van der Waals surface area (Å²) in [7, 11) is 0. The molecule has 134 valence electrons. The van der Waals surface area contributed by atoms with E-state index in [2.05, 4.69) is 22.4 Å². The van der Waals surface area contributed by atoms with E-state index in [1.165, 1.54) is 0 Å². The number of amides is 2. The Morgan fingerprint density at radius 2 is 2.28 bits per heavy atom. The van der Waals surface area contributed by atoms with Gasteiger partial charge in [0.05, 0.1) is 18.3 Å². The van der Waals surface area contributed by atoms with Gasteiger partial charge in [0.15, 0.2) is 0 Å². The first kappa shape index (κ1) is 17.3. The highest BCUT2D eigenvalue weighted by molar-refractivity contribution is 5.90. The molecule has 1 saturated heterocycles. The van der Waals surface area contributed by atoms with Crippen molar-refractivity contribution in [1.29, 1.82) is 0 Å². The Kier molecular flexibility index (Phi) is 5.26. The maximum Gasteiger partial charge on any atom is 0.322 e. The van der Waals surface area contributed by atoms with Gasteiger partial charge in [0.1, 0.15) is 5.75 Å². The topological polar surface area (TPSA) is 70.2 Å². The number of ether oxygens (including phenoxy) is 1. The minimum absolute atomic E-state index is 0.0739. The van der Waals surface area contributed by atoms with Crippen molar-refractivity contribution in [3.63, 3.8) is 0 Å². The zero-order valence-electron chi connectivity index (χ0n) is 15.1. The predicted molar refractivity (Wildman–Crippen MR) is 98.0 cm³/mol. The number of likely N-dealkylation sites (tertiary alicyclic amines) is 1. The molecule has 2 heterocycles. The first-order valence-corrected chi connectivity index (χ1v) is 8.92. The Balaban J connectivity index is 1.72. The number of aryl methyl sites for hydroxylation is 2. The smallest absolute Gasteiger partial charge is 0.322 e. The Morgan fingerprint density at radius 3 is 3.00 bits per heavy atom. The van der Waals surface area contributed by atoms with Crippen LogP contribution in [0.15, 0.2) is 24.3 Å². The number of nitrogens with zero attached hydrogens (tertiary/aromatic N) is 2. The van der Waals surface area contributed by atoms with Crippen LogP contribution in [-0.4, -0.2) is 34.3 Å². The van der Waals surface area contributed by atoms with E-state index in [0.717, 1.165) is 54.2 Å². The van der Waals surface area contributed by atoms with Crippen molar-refractivity contribution in [2.75, 3.05) is 18.5 Å². The van der Waals surface area contributed by atoms with E-state index in [9.17, 15) is 4.79 Å². The molecule has 1 fully saturated rings. The molecule has 2 amide bonds. The third kappa shape index (κ3) is 3.78. The molecule has 1 aromatic heterocycles. The zero-order chi connectivity index (χ0) is 17.8. The molecule has 0 aliphatic carbocycles. The number of urea groups is 1. The molecule has 25 heavy (non-hydrogen) atoms. The van der Waals surface area contributed by atoms with Crippen LogP contribution in [0.2, 0.25) is 0 Å². The lowest BCUT2D eigenvalue weighted by Gasteiger charge is -2.25. The molecule has 0 bridgehead atoms. The second-order valence-corrected chi connectivity index (χ2v) is 6.51. The Labute approximate surface area is 148 Å². The number of benzene rings is 1. The number of nitrogens with one attached hydrogen (secondary N) is 2. The standard InChI is InChI=1S/C19H26N4O2/c1-4-11-25-16-8-5-7-15(12-16)20-19(24)23-10-6-9-17(23)18-13(2)21-22-14(18)3/h5,7-8,12,17H,4,6,9-11H2,1-3H3,(H,20,24)(H,21,22). The van der Waals surface area contributed by atoms with Crippen molar-refractivity contribution in [1.82, 2.24) is 15.1 Å². The molecule has 1 unspecified atom stereocenters. The zero-order valence-corrected chi connectivity index (χ0v) is 15.1. The monoisotopic (exact) mass is 342 g/mol. The molecule has 0 saturated carbocycles. The summed E-state index contributed by atoms with van der Waals surface area (Å²) in [5.74, 6) is 0.777. The highest BCUT2D eigenvalue weighted by Gasteiger charge is 2.33. The molecular formula is C19H26N4O2. The fourth-order valence-corrected chi connectivity index (χ4v) is 3.44. The minimum Gasteiger partial charge on any atom is -0.494 e. The number of anilines is 1. The van der Waals surface area contributed by atoms with Crippen molar-refractivity contribution in [2.45, 2.75) is 46.1 Å². The summed E-state index contributed by atoms with van der Waals surface area (Å²) in [5, 5.41) is 10.3. The van der Waals surface area contributed by atoms with E-state index in [1.807, 2.05) is 43.0 Å². The van der Waals surface area contributed by atoms with Gasteiger partial charge in [-0.1, -0.05) is 13.0 Å². The van der Waals surface area contributed by atoms with Crippen molar-refractivity contribution < 1.29 is 9.53 Å². The summed E-state index contributed by atoms with van der Waals surface area (Å²) in [5.41, 5.74) is 3.91. The van der Waals surface area contributed by atoms with Crippen molar-refractivity contribution in [3.05, 3.63) is 41.2 Å². The number of carbonyl (C=O) groups excluding carboxylic acids is 1. The first-order valence-electron chi connectivity index (χ1n) is 8.92. The molecule has 6 nitrogen and oxygen atoms in total. The van der Waals surface area contributed by atoms with Crippen molar-refractivity contribution in [2.24, 2.45) is 0 Å². The largest absolute Gasteiger partial charge is 0.494 e. The van der Waals surface area contributed by atoms with Crippen LogP contribution in [0, 0.1) is 13.8 Å². The van der Waals surface area contributed by atoms with E-state index >= 15 is 0 Å². The van der Waals surface area contributed by atoms with Gasteiger partial charge in [-0.2, -0.15) is 5.10 Å². The van der Waals surface area contributed by atoms with Crippen molar-refractivity contribution in [3.8, 4) is 5.75 Å². The SMILES string of the molecule is CCCOc1cccc(NC(=O)N2CCCC2c2c(C)n[nH]c2C)c1. The number of carbonyl (C=O) groups is 1. The molecule has 1 aliphatic heterocycles. The average molecular weight is 342 g/mol. The van der Waals surface area contributed by atoms with E-state index in [4.69, 9.17) is 4.74 Å². The number of aromatic amines is 1. The van der Waals surface area contributed by atoms with Crippen LogP contribution in [-0.2, 0) is 0 Å². The normalized spacial score (nSPS) is 16.9. The third-order valence-corrected chi connectivity index (χ3v) is 4.59. The van der Waals surface area contributed by atoms with Gasteiger partial charge in [-0.05, 0) is 45.2 Å². The average Bonchev–Trinajstić information content (AvgIpc) is 3.19. The van der Waals surface area contributed by atoms with E-state index in [1.54, 1.807) is 0 Å². The summed E-state index contributed by atoms with van der Waals surface area (Å²) < 4.78 is 5.64. The second kappa shape index (κ2) is 7.59. The summed E-state index contributed by atoms with van der Waals surface area (Å²) in [6, 6.07) is 7.56. The highest BCUT2D eigenvalue weighted by atomic mass is 16.5. The van der Waals surface area contributed by atoms with Crippen LogP contribution in [0.25, 0.3) is 0 Å². The Morgan fingerprint density at radius 1 is 1.44 bits per heavy atom. The maximum atomic E-state index is 12.8. The first-order chi connectivity index (χ1) is 12.1. The number of hydrogen-bond donors (Lipinski definition) is 2. The summed E-state index contributed by atoms with van der Waals surface area (Å²) in [6.45, 7) is 7.50. The number of H-pyrrole nitrogens is 1. The molecule has 1 atom stereocenters. The molecule has 2 N–H and O–H groups in total. The quantitative estimate of drug-likeness (QED) is 0.856. The van der Waals surface area contributed by atoms with Crippen LogP contribution in [0.1, 0.15) is 49.2 Å². The molecule has 2 aromatic rings. The Hall–Kier alpha value is -2.50. The van der Waals surface area contributed by atoms with Gasteiger partial charge in [-0.3, -0.25) is 5.10 Å². The molecule has 3 rings (SSSR count). The van der Waals surface area contributed by atoms with Crippen LogP contribution >= 0.6 is 0 Å².